The minimum absolute atomic E-state index is 0. The molecule has 0 N–H and O–H groups in total. The van der Waals surface area contributed by atoms with Crippen molar-refractivity contribution >= 4 is 15.8 Å². The Morgan fingerprint density at radius 2 is 1.55 bits per heavy atom. The monoisotopic (exact) mass is 430 g/mol. The molecule has 0 aromatic heterocycles. The summed E-state index contributed by atoms with van der Waals surface area (Å²) in [6.07, 6.45) is 6.84. The quantitative estimate of drug-likeness (QED) is 0.655. The third-order valence-electron chi connectivity index (χ3n) is 7.11. The molecule has 1 aliphatic heterocycles. The van der Waals surface area contributed by atoms with E-state index in [-0.39, 0.29) is 5.41 Å². The van der Waals surface area contributed by atoms with Crippen LogP contribution in [0.2, 0.25) is 0 Å². The minimum Gasteiger partial charge on any atom is -0.299 e. The molecule has 172 valence electrons. The van der Waals surface area contributed by atoms with Crippen molar-refractivity contribution in [1.29, 1.82) is 0 Å². The molecule has 0 spiro atoms. The summed E-state index contributed by atoms with van der Waals surface area (Å²) in [7, 11) is -2.99. The number of hydrogen-bond donors (Lipinski definition) is 0. The summed E-state index contributed by atoms with van der Waals surface area (Å²) < 4.78 is 25.8. The van der Waals surface area contributed by atoms with Gasteiger partial charge in [-0.3, -0.25) is 9.69 Å². The summed E-state index contributed by atoms with van der Waals surface area (Å²) in [5, 5.41) is 0. The van der Waals surface area contributed by atoms with Crippen molar-refractivity contribution in [2.45, 2.75) is 93.0 Å². The van der Waals surface area contributed by atoms with Crippen molar-refractivity contribution in [3.05, 3.63) is 0 Å². The first-order chi connectivity index (χ1) is 13.6. The number of hydrogen-bond acceptors (Lipinski definition) is 4. The number of sulfonamides is 1. The smallest absolute Gasteiger partial charge is 0.214 e. The molecule has 1 saturated heterocycles. The number of ketones is 1. The Hall–Kier alpha value is -0.460. The Morgan fingerprint density at radius 3 is 1.93 bits per heavy atom. The van der Waals surface area contributed by atoms with Gasteiger partial charge in [-0.1, -0.05) is 61.3 Å². The van der Waals surface area contributed by atoms with Crippen LogP contribution in [0.3, 0.4) is 0 Å². The van der Waals surface area contributed by atoms with Gasteiger partial charge < -0.3 is 0 Å². The highest BCUT2D eigenvalue weighted by atomic mass is 32.2. The molecule has 0 aromatic carbocycles. The van der Waals surface area contributed by atoms with Crippen LogP contribution in [0.25, 0.3) is 0 Å². The van der Waals surface area contributed by atoms with Gasteiger partial charge in [-0.15, -0.1) is 0 Å². The van der Waals surface area contributed by atoms with E-state index in [4.69, 9.17) is 0 Å². The summed E-state index contributed by atoms with van der Waals surface area (Å²) in [5.74, 6) is 2.10. The highest BCUT2D eigenvalue weighted by Crippen LogP contribution is 2.41. The molecule has 0 bridgehead atoms. The van der Waals surface area contributed by atoms with Crippen molar-refractivity contribution in [3.8, 4) is 0 Å². The Bertz CT molecular complexity index is 595. The fourth-order valence-electron chi connectivity index (χ4n) is 4.48. The van der Waals surface area contributed by atoms with Crippen molar-refractivity contribution in [3.63, 3.8) is 0 Å². The van der Waals surface area contributed by atoms with Crippen molar-refractivity contribution in [2.75, 3.05) is 31.9 Å². The molecule has 3 fully saturated rings. The number of piperazine rings is 1. The average Bonchev–Trinajstić information content (AvgIpc) is 2.71. The van der Waals surface area contributed by atoms with Crippen molar-refractivity contribution < 1.29 is 13.2 Å². The Kier molecular flexibility index (Phi) is 10.8. The first kappa shape index (κ1) is 26.6. The Balaban J connectivity index is 0.000000351. The maximum atomic E-state index is 12.0. The molecule has 0 radical (unpaired) electrons. The topological polar surface area (TPSA) is 57.7 Å². The number of carbonyl (C=O) groups excluding carboxylic acids is 1. The Labute approximate surface area is 180 Å². The molecule has 2 saturated carbocycles. The van der Waals surface area contributed by atoms with Gasteiger partial charge in [0.15, 0.2) is 0 Å². The van der Waals surface area contributed by atoms with E-state index < -0.39 is 10.0 Å². The zero-order chi connectivity index (χ0) is 22.2. The van der Waals surface area contributed by atoms with E-state index in [0.717, 1.165) is 25.4 Å². The zero-order valence-corrected chi connectivity index (χ0v) is 20.9. The van der Waals surface area contributed by atoms with Gasteiger partial charge in [-0.25, -0.2) is 8.42 Å². The summed E-state index contributed by atoms with van der Waals surface area (Å²) in [6, 6.07) is 0.685. The van der Waals surface area contributed by atoms with Gasteiger partial charge in [0.2, 0.25) is 10.0 Å². The van der Waals surface area contributed by atoms with Gasteiger partial charge in [0, 0.05) is 44.1 Å². The number of nitrogens with zero attached hydrogens (tertiary/aromatic N) is 2. The lowest BCUT2D eigenvalue weighted by Gasteiger charge is -2.43. The molecule has 3 atom stereocenters. The predicted octanol–water partition coefficient (Wildman–Crippen LogP) is 4.57. The van der Waals surface area contributed by atoms with Crippen LogP contribution in [-0.4, -0.2) is 61.4 Å². The summed E-state index contributed by atoms with van der Waals surface area (Å²) >= 11 is 0. The lowest BCUT2D eigenvalue weighted by Crippen LogP contribution is -2.54. The van der Waals surface area contributed by atoms with Crippen LogP contribution in [0.15, 0.2) is 0 Å². The average molecular weight is 431 g/mol. The van der Waals surface area contributed by atoms with E-state index in [1.54, 1.807) is 4.31 Å². The van der Waals surface area contributed by atoms with Crippen molar-refractivity contribution in [2.24, 2.45) is 17.3 Å². The van der Waals surface area contributed by atoms with Crippen LogP contribution < -0.4 is 0 Å². The maximum absolute atomic E-state index is 12.0. The SMILES string of the molecule is CC.CC1CC(=O)C1(C)C.CCCS(=O)(=O)N1CCN(C2CCCCC2C)CC1. The fourth-order valence-corrected chi connectivity index (χ4v) is 5.97. The number of rotatable bonds is 4. The highest BCUT2D eigenvalue weighted by Gasteiger charge is 2.43. The standard InChI is InChI=1S/C14H28N2O2S.C7H12O.C2H6/c1-3-12-19(17,18)16-10-8-15(9-11-16)14-7-5-4-6-13(14)2;1-5-4-6(8)7(5,2)3;1-2/h13-14H,3-12H2,1-2H3;5H,4H2,1-3H3;1-2H3. The molecule has 0 amide bonds. The molecule has 1 heterocycles. The van der Waals surface area contributed by atoms with E-state index in [2.05, 4.69) is 18.7 Å². The second-order valence-corrected chi connectivity index (χ2v) is 11.4. The van der Waals surface area contributed by atoms with Gasteiger partial charge in [-0.05, 0) is 31.1 Å². The predicted molar refractivity (Wildman–Crippen MR) is 123 cm³/mol. The largest absolute Gasteiger partial charge is 0.299 e. The molecule has 2 aliphatic carbocycles. The van der Waals surface area contributed by atoms with Crippen LogP contribution in [0.5, 0.6) is 0 Å². The normalized spacial score (nSPS) is 30.3. The highest BCUT2D eigenvalue weighted by molar-refractivity contribution is 7.89. The van der Waals surface area contributed by atoms with Gasteiger partial charge >= 0.3 is 0 Å². The van der Waals surface area contributed by atoms with Gasteiger partial charge in [0.1, 0.15) is 5.78 Å². The van der Waals surface area contributed by atoms with Crippen LogP contribution in [0.4, 0.5) is 0 Å². The summed E-state index contributed by atoms with van der Waals surface area (Å²) in [6.45, 7) is 17.6. The van der Waals surface area contributed by atoms with Gasteiger partial charge in [0.05, 0.1) is 5.75 Å². The summed E-state index contributed by atoms with van der Waals surface area (Å²) in [5.41, 5.74) is 0. The third kappa shape index (κ3) is 7.03. The lowest BCUT2D eigenvalue weighted by atomic mass is 9.62. The number of Topliss-reactive ketones (excluding diaryl/α,β-unsaturated/α-hetero) is 1. The van der Waals surface area contributed by atoms with Gasteiger partial charge in [0.25, 0.3) is 0 Å². The van der Waals surface area contributed by atoms with E-state index in [1.807, 2.05) is 34.6 Å². The van der Waals surface area contributed by atoms with E-state index in [1.165, 1.54) is 25.7 Å². The fraction of sp³-hybridized carbons (Fsp3) is 0.957. The van der Waals surface area contributed by atoms with Gasteiger partial charge in [-0.2, -0.15) is 4.31 Å². The third-order valence-corrected chi connectivity index (χ3v) is 9.18. The molecular weight excluding hydrogens is 384 g/mol. The molecule has 3 aliphatic rings. The molecule has 6 heteroatoms. The van der Waals surface area contributed by atoms with E-state index in [0.29, 0.717) is 43.0 Å². The van der Waals surface area contributed by atoms with Crippen LogP contribution >= 0.6 is 0 Å². The number of carbonyl (C=O) groups is 1. The molecule has 3 unspecified atom stereocenters. The molecule has 0 aromatic rings. The molecular formula is C23H46N2O3S. The minimum atomic E-state index is -2.99. The van der Waals surface area contributed by atoms with Crippen LogP contribution in [0.1, 0.15) is 87.0 Å². The first-order valence-electron chi connectivity index (χ1n) is 11.8. The van der Waals surface area contributed by atoms with Crippen LogP contribution in [0, 0.1) is 17.3 Å². The van der Waals surface area contributed by atoms with Crippen molar-refractivity contribution in [1.82, 2.24) is 9.21 Å². The van der Waals surface area contributed by atoms with E-state index in [9.17, 15) is 13.2 Å². The lowest BCUT2D eigenvalue weighted by molar-refractivity contribution is -0.141. The second-order valence-electron chi connectivity index (χ2n) is 9.33. The molecule has 29 heavy (non-hydrogen) atoms. The van der Waals surface area contributed by atoms with Crippen LogP contribution in [-0.2, 0) is 14.8 Å². The summed E-state index contributed by atoms with van der Waals surface area (Å²) in [4.78, 5) is 13.3. The zero-order valence-electron chi connectivity index (χ0n) is 20.0. The first-order valence-corrected chi connectivity index (χ1v) is 13.5. The second kappa shape index (κ2) is 11.8. The molecule has 5 nitrogen and oxygen atoms in total. The molecule has 3 rings (SSSR count). The maximum Gasteiger partial charge on any atom is 0.214 e. The Morgan fingerprint density at radius 1 is 1.00 bits per heavy atom. The van der Waals surface area contributed by atoms with E-state index >= 15 is 0 Å².